The Morgan fingerprint density at radius 3 is 2.42 bits per heavy atom. The number of carbonyl (C=O) groups excluding carboxylic acids is 1. The summed E-state index contributed by atoms with van der Waals surface area (Å²) in [6, 6.07) is 0.363. The van der Waals surface area contributed by atoms with E-state index in [2.05, 4.69) is 0 Å². The number of ether oxygens (including phenoxy) is 1. The summed E-state index contributed by atoms with van der Waals surface area (Å²) in [5, 5.41) is 0. The first kappa shape index (κ1) is 14.6. The Hall–Kier alpha value is -0.770. The van der Waals surface area contributed by atoms with Crippen LogP contribution in [0.2, 0.25) is 0 Å². The van der Waals surface area contributed by atoms with Gasteiger partial charge in [0.2, 0.25) is 0 Å². The van der Waals surface area contributed by atoms with E-state index in [1.54, 1.807) is 0 Å². The molecule has 0 aromatic carbocycles. The van der Waals surface area contributed by atoms with Crippen molar-refractivity contribution in [1.29, 1.82) is 0 Å². The van der Waals surface area contributed by atoms with E-state index in [9.17, 15) is 4.79 Å². The Kier molecular flexibility index (Phi) is 4.09. The zero-order valence-electron chi connectivity index (χ0n) is 12.6. The van der Waals surface area contributed by atoms with Gasteiger partial charge in [0.25, 0.3) is 0 Å². The number of carbonyl (C=O) groups is 1. The Balaban J connectivity index is 1.87. The Labute approximate surface area is 116 Å². The topological polar surface area (TPSA) is 55.6 Å². The van der Waals surface area contributed by atoms with Crippen molar-refractivity contribution in [3.63, 3.8) is 0 Å². The molecule has 1 amide bonds. The highest BCUT2D eigenvalue weighted by molar-refractivity contribution is 5.68. The summed E-state index contributed by atoms with van der Waals surface area (Å²) >= 11 is 0. The molecule has 2 aliphatic rings. The zero-order valence-corrected chi connectivity index (χ0v) is 12.6. The number of amides is 1. The van der Waals surface area contributed by atoms with E-state index in [0.717, 1.165) is 38.8 Å². The predicted molar refractivity (Wildman–Crippen MR) is 75.9 cm³/mol. The molecule has 1 aliphatic carbocycles. The third kappa shape index (κ3) is 3.85. The third-order valence-corrected chi connectivity index (χ3v) is 4.45. The average Bonchev–Trinajstić information content (AvgIpc) is 2.27. The summed E-state index contributed by atoms with van der Waals surface area (Å²) in [7, 11) is 0. The van der Waals surface area contributed by atoms with Crippen molar-refractivity contribution < 1.29 is 9.53 Å². The molecule has 1 spiro atoms. The van der Waals surface area contributed by atoms with Gasteiger partial charge < -0.3 is 15.4 Å². The Morgan fingerprint density at radius 1 is 1.26 bits per heavy atom. The number of hydrogen-bond donors (Lipinski definition) is 1. The first-order valence-electron chi connectivity index (χ1n) is 7.53. The second-order valence-electron chi connectivity index (χ2n) is 7.32. The van der Waals surface area contributed by atoms with Gasteiger partial charge in [-0.05, 0) is 58.3 Å². The molecular formula is C15H28N2O2. The van der Waals surface area contributed by atoms with E-state index in [1.807, 2.05) is 25.7 Å². The normalized spacial score (nSPS) is 27.4. The van der Waals surface area contributed by atoms with Gasteiger partial charge in [0.15, 0.2) is 0 Å². The van der Waals surface area contributed by atoms with Crippen molar-refractivity contribution in [3.8, 4) is 0 Å². The molecule has 1 saturated carbocycles. The SMILES string of the molecule is CC(C)(C)OC(=O)N1CCC2(CCCC(N)C2)CC1. The molecule has 110 valence electrons. The van der Waals surface area contributed by atoms with Crippen LogP contribution in [-0.2, 0) is 4.74 Å². The zero-order chi connectivity index (χ0) is 14.1. The number of nitrogens with two attached hydrogens (primary N) is 1. The lowest BCUT2D eigenvalue weighted by Crippen LogP contribution is -2.48. The van der Waals surface area contributed by atoms with Crippen LogP contribution in [0.15, 0.2) is 0 Å². The highest BCUT2D eigenvalue weighted by Gasteiger charge is 2.39. The van der Waals surface area contributed by atoms with Gasteiger partial charge in [-0.15, -0.1) is 0 Å². The number of nitrogens with zero attached hydrogens (tertiary/aromatic N) is 1. The molecule has 1 atom stereocenters. The van der Waals surface area contributed by atoms with Gasteiger partial charge in [-0.25, -0.2) is 4.79 Å². The monoisotopic (exact) mass is 268 g/mol. The molecule has 2 fully saturated rings. The van der Waals surface area contributed by atoms with E-state index in [0.29, 0.717) is 11.5 Å². The van der Waals surface area contributed by atoms with Gasteiger partial charge >= 0.3 is 6.09 Å². The van der Waals surface area contributed by atoms with Crippen LogP contribution < -0.4 is 5.73 Å². The molecule has 0 aromatic rings. The van der Waals surface area contributed by atoms with Crippen LogP contribution in [0.5, 0.6) is 0 Å². The molecule has 4 nitrogen and oxygen atoms in total. The van der Waals surface area contributed by atoms with Gasteiger partial charge in [0, 0.05) is 19.1 Å². The van der Waals surface area contributed by atoms with Crippen LogP contribution in [0.1, 0.15) is 59.3 Å². The number of likely N-dealkylation sites (tertiary alicyclic amines) is 1. The average molecular weight is 268 g/mol. The van der Waals surface area contributed by atoms with Crippen LogP contribution in [0, 0.1) is 5.41 Å². The molecule has 0 radical (unpaired) electrons. The fourth-order valence-corrected chi connectivity index (χ4v) is 3.44. The minimum absolute atomic E-state index is 0.164. The molecule has 0 aromatic heterocycles. The summed E-state index contributed by atoms with van der Waals surface area (Å²) in [6.45, 7) is 7.38. The van der Waals surface area contributed by atoms with Crippen LogP contribution in [0.4, 0.5) is 4.79 Å². The molecule has 0 bridgehead atoms. The van der Waals surface area contributed by atoms with E-state index in [4.69, 9.17) is 10.5 Å². The van der Waals surface area contributed by atoms with Crippen molar-refractivity contribution in [3.05, 3.63) is 0 Å². The van der Waals surface area contributed by atoms with Crippen LogP contribution in [0.25, 0.3) is 0 Å². The fraction of sp³-hybridized carbons (Fsp3) is 0.933. The third-order valence-electron chi connectivity index (χ3n) is 4.45. The smallest absolute Gasteiger partial charge is 0.410 e. The minimum Gasteiger partial charge on any atom is -0.444 e. The lowest BCUT2D eigenvalue weighted by Gasteiger charge is -2.45. The summed E-state index contributed by atoms with van der Waals surface area (Å²) < 4.78 is 5.44. The van der Waals surface area contributed by atoms with Crippen LogP contribution >= 0.6 is 0 Å². The fourth-order valence-electron chi connectivity index (χ4n) is 3.44. The molecule has 2 rings (SSSR count). The second-order valence-corrected chi connectivity index (χ2v) is 7.32. The molecule has 19 heavy (non-hydrogen) atoms. The maximum absolute atomic E-state index is 12.0. The number of hydrogen-bond acceptors (Lipinski definition) is 3. The van der Waals surface area contributed by atoms with Gasteiger partial charge in [0.1, 0.15) is 5.60 Å². The molecule has 1 aliphatic heterocycles. The summed E-state index contributed by atoms with van der Waals surface area (Å²) in [5.41, 5.74) is 6.11. The van der Waals surface area contributed by atoms with Crippen molar-refractivity contribution in [2.24, 2.45) is 11.1 Å². The van der Waals surface area contributed by atoms with Crippen molar-refractivity contribution in [2.45, 2.75) is 70.9 Å². The highest BCUT2D eigenvalue weighted by Crippen LogP contribution is 2.44. The Morgan fingerprint density at radius 2 is 1.89 bits per heavy atom. The largest absolute Gasteiger partial charge is 0.444 e. The second kappa shape index (κ2) is 5.31. The molecule has 1 saturated heterocycles. The molecular weight excluding hydrogens is 240 g/mol. The van der Waals surface area contributed by atoms with Crippen LogP contribution in [-0.4, -0.2) is 35.7 Å². The lowest BCUT2D eigenvalue weighted by molar-refractivity contribution is 0.00321. The number of rotatable bonds is 0. The Bertz CT molecular complexity index is 328. The quantitative estimate of drug-likeness (QED) is 0.735. The predicted octanol–water partition coefficient (Wildman–Crippen LogP) is 2.91. The molecule has 2 N–H and O–H groups in total. The summed E-state index contributed by atoms with van der Waals surface area (Å²) in [6.07, 6.45) is 6.82. The minimum atomic E-state index is -0.403. The van der Waals surface area contributed by atoms with Gasteiger partial charge in [-0.2, -0.15) is 0 Å². The summed E-state index contributed by atoms with van der Waals surface area (Å²) in [5.74, 6) is 0. The van der Waals surface area contributed by atoms with E-state index >= 15 is 0 Å². The highest BCUT2D eigenvalue weighted by atomic mass is 16.6. The number of piperidine rings is 1. The molecule has 1 unspecified atom stereocenters. The van der Waals surface area contributed by atoms with E-state index in [-0.39, 0.29) is 6.09 Å². The first-order chi connectivity index (χ1) is 8.80. The lowest BCUT2D eigenvalue weighted by atomic mass is 9.67. The molecule has 1 heterocycles. The van der Waals surface area contributed by atoms with Crippen molar-refractivity contribution in [1.82, 2.24) is 4.90 Å². The van der Waals surface area contributed by atoms with E-state index < -0.39 is 5.60 Å². The van der Waals surface area contributed by atoms with E-state index in [1.165, 1.54) is 12.8 Å². The maximum atomic E-state index is 12.0. The first-order valence-corrected chi connectivity index (χ1v) is 7.53. The molecule has 4 heteroatoms. The van der Waals surface area contributed by atoms with Gasteiger partial charge in [-0.3, -0.25) is 0 Å². The standard InChI is InChI=1S/C15H28N2O2/c1-14(2,3)19-13(18)17-9-7-15(8-10-17)6-4-5-12(16)11-15/h12H,4-11,16H2,1-3H3. The van der Waals surface area contributed by atoms with Crippen molar-refractivity contribution >= 4 is 6.09 Å². The van der Waals surface area contributed by atoms with Crippen LogP contribution in [0.3, 0.4) is 0 Å². The van der Waals surface area contributed by atoms with Gasteiger partial charge in [-0.1, -0.05) is 6.42 Å². The summed E-state index contributed by atoms with van der Waals surface area (Å²) in [4.78, 5) is 13.9. The van der Waals surface area contributed by atoms with Gasteiger partial charge in [0.05, 0.1) is 0 Å². The van der Waals surface area contributed by atoms with Crippen molar-refractivity contribution in [2.75, 3.05) is 13.1 Å². The maximum Gasteiger partial charge on any atom is 0.410 e.